The van der Waals surface area contributed by atoms with Crippen LogP contribution < -0.4 is 5.32 Å². The maximum atomic E-state index is 13.8. The third-order valence-electron chi connectivity index (χ3n) is 3.90. The lowest BCUT2D eigenvalue weighted by Gasteiger charge is -2.05. The highest BCUT2D eigenvalue weighted by molar-refractivity contribution is 5.91. The second-order valence-electron chi connectivity index (χ2n) is 5.71. The summed E-state index contributed by atoms with van der Waals surface area (Å²) in [6, 6.07) is 4.26. The van der Waals surface area contributed by atoms with Gasteiger partial charge in [-0.3, -0.25) is 4.68 Å². The lowest BCUT2D eigenvalue weighted by Crippen LogP contribution is -2.20. The van der Waals surface area contributed by atoms with E-state index in [1.807, 2.05) is 10.8 Å². The number of amides is 1. The van der Waals surface area contributed by atoms with Crippen LogP contribution in [-0.4, -0.2) is 40.7 Å². The summed E-state index contributed by atoms with van der Waals surface area (Å²) in [5.74, 6) is -0.111. The predicted octanol–water partition coefficient (Wildman–Crippen LogP) is 1.89. The summed E-state index contributed by atoms with van der Waals surface area (Å²) in [7, 11) is 0. The molecule has 1 amide bonds. The van der Waals surface area contributed by atoms with E-state index < -0.39 is 11.9 Å². The van der Waals surface area contributed by atoms with Gasteiger partial charge in [0.2, 0.25) is 0 Å². The van der Waals surface area contributed by atoms with Gasteiger partial charge in [-0.25, -0.2) is 14.2 Å². The van der Waals surface area contributed by atoms with Crippen molar-refractivity contribution in [1.29, 1.82) is 0 Å². The highest BCUT2D eigenvalue weighted by Gasteiger charge is 2.20. The van der Waals surface area contributed by atoms with Crippen LogP contribution in [0.2, 0.25) is 0 Å². The van der Waals surface area contributed by atoms with Crippen molar-refractivity contribution in [1.82, 2.24) is 34.8 Å². The number of imidazole rings is 1. The maximum Gasteiger partial charge on any atom is 0.405 e. The Balaban J connectivity index is 1.71. The minimum atomic E-state index is -1.20. The zero-order valence-corrected chi connectivity index (χ0v) is 13.9. The van der Waals surface area contributed by atoms with E-state index in [0.717, 1.165) is 0 Å². The first-order valence-electron chi connectivity index (χ1n) is 8.02. The summed E-state index contributed by atoms with van der Waals surface area (Å²) in [5.41, 5.74) is 1.05. The van der Waals surface area contributed by atoms with Gasteiger partial charge >= 0.3 is 6.09 Å². The van der Waals surface area contributed by atoms with Gasteiger partial charge in [0.1, 0.15) is 11.5 Å². The summed E-state index contributed by atoms with van der Waals surface area (Å²) in [5, 5.41) is 19.6. The zero-order chi connectivity index (χ0) is 18.8. The first-order chi connectivity index (χ1) is 13.1. The van der Waals surface area contributed by atoms with Crippen molar-refractivity contribution in [2.75, 3.05) is 0 Å². The third-order valence-corrected chi connectivity index (χ3v) is 3.90. The van der Waals surface area contributed by atoms with Crippen LogP contribution >= 0.6 is 0 Å². The van der Waals surface area contributed by atoms with Crippen molar-refractivity contribution in [3.05, 3.63) is 48.6 Å². The lowest BCUT2D eigenvalue weighted by atomic mass is 10.2. The highest BCUT2D eigenvalue weighted by atomic mass is 19.1. The Bertz CT molecular complexity index is 1090. The van der Waals surface area contributed by atoms with Gasteiger partial charge in [0.25, 0.3) is 5.89 Å². The molecule has 0 saturated heterocycles. The molecule has 138 valence electrons. The van der Waals surface area contributed by atoms with Crippen LogP contribution in [0.4, 0.5) is 9.18 Å². The van der Waals surface area contributed by atoms with Gasteiger partial charge < -0.3 is 19.5 Å². The maximum absolute atomic E-state index is 13.8. The monoisotopic (exact) mass is 371 g/mol. The lowest BCUT2D eigenvalue weighted by molar-refractivity contribution is 0.193. The number of aromatic nitrogens is 6. The number of hydrogen-bond acceptors (Lipinski definition) is 6. The smallest absolute Gasteiger partial charge is 0.405 e. The fraction of sp³-hybridized carbons (Fsp3) is 0.188. The molecule has 0 unspecified atom stereocenters. The van der Waals surface area contributed by atoms with Crippen molar-refractivity contribution in [3.8, 4) is 11.6 Å². The zero-order valence-electron chi connectivity index (χ0n) is 13.9. The molecule has 11 heteroatoms. The van der Waals surface area contributed by atoms with Gasteiger partial charge in [-0.2, -0.15) is 10.1 Å². The Morgan fingerprint density at radius 1 is 1.33 bits per heavy atom. The van der Waals surface area contributed by atoms with Crippen LogP contribution in [0.5, 0.6) is 0 Å². The predicted molar refractivity (Wildman–Crippen MR) is 90.1 cm³/mol. The molecule has 0 radical (unpaired) electrons. The van der Waals surface area contributed by atoms with Crippen LogP contribution in [0.3, 0.4) is 0 Å². The topological polar surface area (TPSA) is 124 Å². The largest absolute Gasteiger partial charge is 0.465 e. The van der Waals surface area contributed by atoms with Gasteiger partial charge in [0.15, 0.2) is 5.82 Å². The van der Waals surface area contributed by atoms with Crippen molar-refractivity contribution < 1.29 is 18.8 Å². The van der Waals surface area contributed by atoms with Gasteiger partial charge in [0, 0.05) is 24.3 Å². The van der Waals surface area contributed by atoms with Gasteiger partial charge in [-0.15, -0.1) is 0 Å². The van der Waals surface area contributed by atoms with Gasteiger partial charge in [-0.1, -0.05) is 5.16 Å². The Morgan fingerprint density at radius 2 is 2.22 bits per heavy atom. The van der Waals surface area contributed by atoms with Crippen LogP contribution in [0.15, 0.2) is 41.4 Å². The van der Waals surface area contributed by atoms with Crippen LogP contribution in [0.1, 0.15) is 5.82 Å². The van der Waals surface area contributed by atoms with Crippen LogP contribution in [-0.2, 0) is 19.6 Å². The van der Waals surface area contributed by atoms with E-state index in [9.17, 15) is 9.18 Å². The molecule has 10 nitrogen and oxygen atoms in total. The normalized spacial score (nSPS) is 11.1. The number of carbonyl (C=O) groups is 1. The fourth-order valence-electron chi connectivity index (χ4n) is 2.70. The molecule has 3 aromatic heterocycles. The number of carboxylic acid groups (broad SMARTS) is 1. The van der Waals surface area contributed by atoms with E-state index in [1.54, 1.807) is 23.3 Å². The molecule has 0 spiro atoms. The van der Waals surface area contributed by atoms with E-state index in [-0.39, 0.29) is 18.3 Å². The molecule has 0 aliphatic carbocycles. The average Bonchev–Trinajstić information content (AvgIpc) is 3.37. The quantitative estimate of drug-likeness (QED) is 0.530. The Kier molecular flexibility index (Phi) is 4.24. The molecule has 4 rings (SSSR count). The summed E-state index contributed by atoms with van der Waals surface area (Å²) >= 11 is 0. The van der Waals surface area contributed by atoms with Crippen molar-refractivity contribution in [2.45, 2.75) is 19.6 Å². The highest BCUT2D eigenvalue weighted by Crippen LogP contribution is 2.28. The van der Waals surface area contributed by atoms with E-state index in [0.29, 0.717) is 29.7 Å². The van der Waals surface area contributed by atoms with E-state index in [2.05, 4.69) is 25.5 Å². The molecule has 0 atom stereocenters. The first-order valence-corrected chi connectivity index (χ1v) is 8.02. The molecule has 0 saturated carbocycles. The first kappa shape index (κ1) is 16.7. The van der Waals surface area contributed by atoms with E-state index >= 15 is 0 Å². The Hall–Kier alpha value is -3.76. The van der Waals surface area contributed by atoms with E-state index in [4.69, 9.17) is 9.63 Å². The molecular formula is C16H14FN7O3. The fourth-order valence-corrected chi connectivity index (χ4v) is 2.70. The van der Waals surface area contributed by atoms with Crippen LogP contribution in [0.25, 0.3) is 22.5 Å². The molecule has 27 heavy (non-hydrogen) atoms. The molecular weight excluding hydrogens is 357 g/mol. The van der Waals surface area contributed by atoms with Crippen molar-refractivity contribution >= 4 is 17.0 Å². The summed E-state index contributed by atoms with van der Waals surface area (Å²) in [6.07, 6.45) is 3.99. The standard InChI is InChI=1S/C16H14FN7O3/c17-10-1-2-12-11(7-10)14(15-20-13(22-27-15)8-19-16(25)26)24(21-12)6-5-23-4-3-18-9-23/h1-4,7,9,19H,5-6,8H2,(H,25,26). The average molecular weight is 371 g/mol. The number of rotatable bonds is 6. The third kappa shape index (κ3) is 3.47. The number of nitrogens with one attached hydrogen (secondary N) is 1. The second kappa shape index (κ2) is 6.86. The minimum absolute atomic E-state index is 0.103. The molecule has 0 aliphatic rings. The summed E-state index contributed by atoms with van der Waals surface area (Å²) in [4.78, 5) is 18.8. The second-order valence-corrected chi connectivity index (χ2v) is 5.71. The number of aryl methyl sites for hydroxylation is 2. The van der Waals surface area contributed by atoms with Crippen molar-refractivity contribution in [2.24, 2.45) is 0 Å². The molecule has 0 aliphatic heterocycles. The summed E-state index contributed by atoms with van der Waals surface area (Å²) in [6.45, 7) is 0.951. The molecule has 0 bridgehead atoms. The summed E-state index contributed by atoms with van der Waals surface area (Å²) < 4.78 is 22.6. The van der Waals surface area contributed by atoms with E-state index in [1.165, 1.54) is 12.1 Å². The minimum Gasteiger partial charge on any atom is -0.465 e. The number of nitrogens with zero attached hydrogens (tertiary/aromatic N) is 6. The Labute approximate surface area is 151 Å². The number of hydrogen-bond donors (Lipinski definition) is 2. The molecule has 0 fully saturated rings. The number of benzene rings is 1. The van der Waals surface area contributed by atoms with Gasteiger partial charge in [-0.05, 0) is 18.2 Å². The Morgan fingerprint density at radius 3 is 3.00 bits per heavy atom. The number of fused-ring (bicyclic) bond motifs is 1. The molecule has 3 heterocycles. The number of halogens is 1. The van der Waals surface area contributed by atoms with Gasteiger partial charge in [0.05, 0.1) is 24.9 Å². The molecule has 2 N–H and O–H groups in total. The molecule has 1 aromatic carbocycles. The SMILES string of the molecule is O=C(O)NCc1noc(-c2c3cc(F)ccc3nn2CCn2ccnc2)n1. The molecule has 4 aromatic rings. The van der Waals surface area contributed by atoms with Crippen molar-refractivity contribution in [3.63, 3.8) is 0 Å². The van der Waals surface area contributed by atoms with Crippen LogP contribution in [0, 0.1) is 5.82 Å².